The highest BCUT2D eigenvalue weighted by Crippen LogP contribution is 2.16. The summed E-state index contributed by atoms with van der Waals surface area (Å²) in [6.07, 6.45) is 3.16. The van der Waals surface area contributed by atoms with E-state index in [9.17, 15) is 19.7 Å². The number of unbranched alkanes of at least 4 members (excludes halogenated alkanes) is 1. The molecule has 2 aromatic carbocycles. The number of benzene rings is 2. The molecule has 2 amide bonds. The van der Waals surface area contributed by atoms with Crippen molar-refractivity contribution in [3.8, 4) is 0 Å². The fraction of sp³-hybridized carbons (Fsp3) is 0.238. The van der Waals surface area contributed by atoms with Gasteiger partial charge in [0, 0.05) is 24.2 Å². The lowest BCUT2D eigenvalue weighted by Crippen LogP contribution is -2.35. The fourth-order valence-corrected chi connectivity index (χ4v) is 2.54. The molecule has 2 N–H and O–H groups in total. The van der Waals surface area contributed by atoms with E-state index in [1.54, 1.807) is 31.2 Å². The maximum absolute atomic E-state index is 12.6. The van der Waals surface area contributed by atoms with Crippen molar-refractivity contribution in [2.75, 3.05) is 6.54 Å². The molecule has 0 saturated carbocycles. The minimum absolute atomic E-state index is 0.0323. The molecule has 0 heterocycles. The highest BCUT2D eigenvalue weighted by molar-refractivity contribution is 6.05. The van der Waals surface area contributed by atoms with Crippen LogP contribution in [0.5, 0.6) is 0 Å². The Morgan fingerprint density at radius 3 is 2.57 bits per heavy atom. The second kappa shape index (κ2) is 10.0. The molecule has 7 heteroatoms. The van der Waals surface area contributed by atoms with Crippen molar-refractivity contribution in [2.24, 2.45) is 0 Å². The van der Waals surface area contributed by atoms with E-state index in [1.165, 1.54) is 24.3 Å². The molecule has 2 aromatic rings. The Labute approximate surface area is 163 Å². The Hall–Kier alpha value is -3.48. The van der Waals surface area contributed by atoms with Crippen LogP contribution < -0.4 is 10.6 Å². The van der Waals surface area contributed by atoms with E-state index in [-0.39, 0.29) is 11.4 Å². The van der Waals surface area contributed by atoms with Gasteiger partial charge in [-0.15, -0.1) is 0 Å². The first kappa shape index (κ1) is 20.8. The molecule has 7 nitrogen and oxygen atoms in total. The maximum Gasteiger partial charge on any atom is 0.270 e. The van der Waals surface area contributed by atoms with Crippen molar-refractivity contribution in [3.63, 3.8) is 0 Å². The first-order valence-electron chi connectivity index (χ1n) is 9.03. The van der Waals surface area contributed by atoms with Gasteiger partial charge in [-0.1, -0.05) is 43.7 Å². The van der Waals surface area contributed by atoms with Crippen LogP contribution in [0.2, 0.25) is 0 Å². The molecule has 0 fully saturated rings. The zero-order valence-electron chi connectivity index (χ0n) is 15.9. The number of nitro groups is 1. The number of non-ortho nitro benzene ring substituents is 1. The summed E-state index contributed by atoms with van der Waals surface area (Å²) in [5.74, 6) is -0.859. The quantitative estimate of drug-likeness (QED) is 0.316. The van der Waals surface area contributed by atoms with Gasteiger partial charge in [0.2, 0.25) is 0 Å². The summed E-state index contributed by atoms with van der Waals surface area (Å²) in [6.45, 7) is 4.29. The molecule has 0 spiro atoms. The predicted molar refractivity (Wildman–Crippen MR) is 108 cm³/mol. The summed E-state index contributed by atoms with van der Waals surface area (Å²) < 4.78 is 0. The van der Waals surface area contributed by atoms with Gasteiger partial charge < -0.3 is 10.6 Å². The third-order valence-electron chi connectivity index (χ3n) is 4.09. The summed E-state index contributed by atoms with van der Waals surface area (Å²) in [5, 5.41) is 16.4. The summed E-state index contributed by atoms with van der Waals surface area (Å²) in [4.78, 5) is 35.7. The minimum Gasteiger partial charge on any atom is -0.351 e. The van der Waals surface area contributed by atoms with Crippen LogP contribution in [0.3, 0.4) is 0 Å². The molecule has 0 unspecified atom stereocenters. The van der Waals surface area contributed by atoms with E-state index in [4.69, 9.17) is 0 Å². The van der Waals surface area contributed by atoms with Crippen LogP contribution >= 0.6 is 0 Å². The highest BCUT2D eigenvalue weighted by atomic mass is 16.6. The van der Waals surface area contributed by atoms with Crippen LogP contribution in [-0.4, -0.2) is 23.3 Å². The molecule has 0 atom stereocenters. The van der Waals surface area contributed by atoms with Crippen LogP contribution in [0.4, 0.5) is 5.69 Å². The minimum atomic E-state index is -0.510. The van der Waals surface area contributed by atoms with Crippen LogP contribution in [0.25, 0.3) is 6.08 Å². The summed E-state index contributed by atoms with van der Waals surface area (Å²) in [5.41, 5.74) is 1.62. The number of nitrogens with one attached hydrogen (secondary N) is 2. The van der Waals surface area contributed by atoms with Crippen molar-refractivity contribution in [1.29, 1.82) is 0 Å². The molecular formula is C21H23N3O4. The molecule has 0 aliphatic heterocycles. The van der Waals surface area contributed by atoms with Crippen LogP contribution in [0.1, 0.15) is 41.3 Å². The molecule has 146 valence electrons. The third-order valence-corrected chi connectivity index (χ3v) is 4.09. The molecule has 0 radical (unpaired) electrons. The van der Waals surface area contributed by atoms with Gasteiger partial charge in [0.25, 0.3) is 17.5 Å². The number of nitro benzene ring substituents is 1. The molecule has 28 heavy (non-hydrogen) atoms. The lowest BCUT2D eigenvalue weighted by Gasteiger charge is -2.12. The summed E-state index contributed by atoms with van der Waals surface area (Å²) in [7, 11) is 0. The van der Waals surface area contributed by atoms with E-state index in [0.717, 1.165) is 18.4 Å². The van der Waals surface area contributed by atoms with Crippen molar-refractivity contribution in [2.45, 2.75) is 26.7 Å². The SMILES string of the molecule is CCCCNC(=O)/C(=C\c1cccc([N+](=O)[O-])c1)NC(=O)c1ccccc1C. The number of aryl methyl sites for hydroxylation is 1. The Kier molecular flexibility index (Phi) is 7.45. The number of rotatable bonds is 8. The van der Waals surface area contributed by atoms with Gasteiger partial charge in [-0.2, -0.15) is 0 Å². The van der Waals surface area contributed by atoms with Gasteiger partial charge in [0.15, 0.2) is 0 Å². The van der Waals surface area contributed by atoms with Crippen molar-refractivity contribution < 1.29 is 14.5 Å². The highest BCUT2D eigenvalue weighted by Gasteiger charge is 2.16. The molecule has 0 bridgehead atoms. The van der Waals surface area contributed by atoms with E-state index in [2.05, 4.69) is 10.6 Å². The average Bonchev–Trinajstić information content (AvgIpc) is 2.68. The first-order chi connectivity index (χ1) is 13.4. The molecule has 0 saturated heterocycles. The van der Waals surface area contributed by atoms with Gasteiger partial charge in [-0.25, -0.2) is 0 Å². The van der Waals surface area contributed by atoms with Gasteiger partial charge in [0.1, 0.15) is 5.70 Å². The monoisotopic (exact) mass is 381 g/mol. The standard InChI is InChI=1S/C21H23N3O4/c1-3-4-12-22-21(26)19(14-16-9-7-10-17(13-16)24(27)28)23-20(25)18-11-6-5-8-15(18)2/h5-11,13-14H,3-4,12H2,1-2H3,(H,22,26)(H,23,25)/b19-14+. The van der Waals surface area contributed by atoms with E-state index in [1.807, 2.05) is 13.0 Å². The largest absolute Gasteiger partial charge is 0.351 e. The number of carbonyl (C=O) groups is 2. The van der Waals surface area contributed by atoms with Crippen molar-refractivity contribution in [3.05, 3.63) is 81.0 Å². The van der Waals surface area contributed by atoms with Gasteiger partial charge in [-0.3, -0.25) is 19.7 Å². The lowest BCUT2D eigenvalue weighted by atomic mass is 10.1. The molecular weight excluding hydrogens is 358 g/mol. The lowest BCUT2D eigenvalue weighted by molar-refractivity contribution is -0.384. The topological polar surface area (TPSA) is 101 Å². The number of carbonyl (C=O) groups excluding carboxylic acids is 2. The maximum atomic E-state index is 12.6. The second-order valence-corrected chi connectivity index (χ2v) is 6.29. The zero-order valence-corrected chi connectivity index (χ0v) is 15.9. The normalized spacial score (nSPS) is 11.0. The number of amides is 2. The molecule has 0 aromatic heterocycles. The zero-order chi connectivity index (χ0) is 20.5. The van der Waals surface area contributed by atoms with Crippen LogP contribution in [0, 0.1) is 17.0 Å². The number of nitrogens with zero attached hydrogens (tertiary/aromatic N) is 1. The first-order valence-corrected chi connectivity index (χ1v) is 9.03. The van der Waals surface area contributed by atoms with Crippen molar-refractivity contribution in [1.82, 2.24) is 10.6 Å². The molecule has 0 aliphatic carbocycles. The van der Waals surface area contributed by atoms with E-state index in [0.29, 0.717) is 17.7 Å². The van der Waals surface area contributed by atoms with Gasteiger partial charge in [-0.05, 0) is 36.6 Å². The number of hydrogen-bond donors (Lipinski definition) is 2. The Bertz CT molecular complexity index is 906. The Morgan fingerprint density at radius 1 is 1.14 bits per heavy atom. The second-order valence-electron chi connectivity index (χ2n) is 6.29. The fourth-order valence-electron chi connectivity index (χ4n) is 2.54. The third kappa shape index (κ3) is 5.77. The predicted octanol–water partition coefficient (Wildman–Crippen LogP) is 3.59. The van der Waals surface area contributed by atoms with E-state index >= 15 is 0 Å². The van der Waals surface area contributed by atoms with Gasteiger partial charge >= 0.3 is 0 Å². The van der Waals surface area contributed by atoms with Gasteiger partial charge in [0.05, 0.1) is 4.92 Å². The summed E-state index contributed by atoms with van der Waals surface area (Å²) in [6, 6.07) is 12.9. The van der Waals surface area contributed by atoms with Crippen LogP contribution in [0.15, 0.2) is 54.2 Å². The molecule has 0 aliphatic rings. The summed E-state index contributed by atoms with van der Waals surface area (Å²) >= 11 is 0. The smallest absolute Gasteiger partial charge is 0.270 e. The average molecular weight is 381 g/mol. The van der Waals surface area contributed by atoms with E-state index < -0.39 is 16.7 Å². The van der Waals surface area contributed by atoms with Crippen LogP contribution in [-0.2, 0) is 4.79 Å². The van der Waals surface area contributed by atoms with Crippen molar-refractivity contribution >= 4 is 23.6 Å². The molecule has 2 rings (SSSR count). The Balaban J connectivity index is 2.32. The Morgan fingerprint density at radius 2 is 1.89 bits per heavy atom. The number of hydrogen-bond acceptors (Lipinski definition) is 4.